The molecule has 0 saturated carbocycles. The molecular weight excluding hydrogens is 202 g/mol. The molecule has 16 heavy (non-hydrogen) atoms. The summed E-state index contributed by atoms with van der Waals surface area (Å²) in [7, 11) is 5.94. The number of rotatable bonds is 9. The molecule has 4 nitrogen and oxygen atoms in total. The maximum absolute atomic E-state index is 5.66. The normalized spacial score (nSPS) is 14.1. The van der Waals surface area contributed by atoms with Crippen LogP contribution >= 0.6 is 0 Å². The zero-order valence-electron chi connectivity index (χ0n) is 11.6. The van der Waals surface area contributed by atoms with Crippen LogP contribution in [0.25, 0.3) is 0 Å². The topological polar surface area (TPSA) is 41.7 Å². The van der Waals surface area contributed by atoms with Gasteiger partial charge in [-0.05, 0) is 20.0 Å². The van der Waals surface area contributed by atoms with E-state index in [4.69, 9.17) is 10.5 Å². The number of ether oxygens (including phenoxy) is 1. The van der Waals surface area contributed by atoms with Gasteiger partial charge in [0.25, 0.3) is 0 Å². The van der Waals surface area contributed by atoms with E-state index in [9.17, 15) is 0 Å². The van der Waals surface area contributed by atoms with Crippen LogP contribution in [0.1, 0.15) is 13.8 Å². The lowest BCUT2D eigenvalue weighted by Gasteiger charge is -2.28. The van der Waals surface area contributed by atoms with E-state index in [0.717, 1.165) is 26.2 Å². The third-order valence-corrected chi connectivity index (χ3v) is 2.54. The number of nitrogens with two attached hydrogens (primary N) is 1. The van der Waals surface area contributed by atoms with E-state index in [0.29, 0.717) is 12.5 Å². The summed E-state index contributed by atoms with van der Waals surface area (Å²) in [6.45, 7) is 9.26. The van der Waals surface area contributed by atoms with Crippen LogP contribution in [-0.2, 0) is 4.74 Å². The van der Waals surface area contributed by atoms with Crippen LogP contribution in [0, 0.1) is 5.92 Å². The Bertz CT molecular complexity index is 158. The lowest BCUT2D eigenvalue weighted by molar-refractivity contribution is 0.0635. The summed E-state index contributed by atoms with van der Waals surface area (Å²) in [5.41, 5.74) is 5.66. The summed E-state index contributed by atoms with van der Waals surface area (Å²) in [4.78, 5) is 4.64. The van der Waals surface area contributed by atoms with Gasteiger partial charge < -0.3 is 15.4 Å². The Balaban J connectivity index is 4.07. The fraction of sp³-hybridized carbons (Fsp3) is 1.00. The predicted octanol–water partition coefficient (Wildman–Crippen LogP) is 0.480. The van der Waals surface area contributed by atoms with Crippen molar-refractivity contribution in [3.05, 3.63) is 0 Å². The summed E-state index contributed by atoms with van der Waals surface area (Å²) < 4.78 is 5.34. The summed E-state index contributed by atoms with van der Waals surface area (Å²) in [5, 5.41) is 0. The van der Waals surface area contributed by atoms with Crippen LogP contribution in [0.3, 0.4) is 0 Å². The van der Waals surface area contributed by atoms with Crippen LogP contribution in [0.5, 0.6) is 0 Å². The lowest BCUT2D eigenvalue weighted by atomic mass is 10.2. The van der Waals surface area contributed by atoms with E-state index in [1.54, 1.807) is 7.11 Å². The Morgan fingerprint density at radius 2 is 1.75 bits per heavy atom. The zero-order chi connectivity index (χ0) is 12.6. The maximum atomic E-state index is 5.66. The number of hydrogen-bond acceptors (Lipinski definition) is 4. The maximum Gasteiger partial charge on any atom is 0.0820 e. The molecule has 0 aliphatic carbocycles. The summed E-state index contributed by atoms with van der Waals surface area (Å²) in [5.74, 6) is 0.678. The van der Waals surface area contributed by atoms with Crippen molar-refractivity contribution in [2.75, 3.05) is 53.9 Å². The molecule has 1 unspecified atom stereocenters. The van der Waals surface area contributed by atoms with Crippen LogP contribution in [0.2, 0.25) is 0 Å². The summed E-state index contributed by atoms with van der Waals surface area (Å²) in [6.07, 6.45) is 0.154. The van der Waals surface area contributed by atoms with Crippen molar-refractivity contribution in [1.82, 2.24) is 9.80 Å². The molecule has 0 aromatic heterocycles. The van der Waals surface area contributed by atoms with Gasteiger partial charge in [-0.3, -0.25) is 4.90 Å². The molecule has 0 aromatic rings. The molecule has 0 aliphatic heterocycles. The first-order chi connectivity index (χ1) is 7.49. The van der Waals surface area contributed by atoms with E-state index < -0.39 is 0 Å². The highest BCUT2D eigenvalue weighted by Crippen LogP contribution is 2.01. The highest BCUT2D eigenvalue weighted by atomic mass is 16.5. The number of methoxy groups -OCH3 is 1. The van der Waals surface area contributed by atoms with E-state index >= 15 is 0 Å². The van der Waals surface area contributed by atoms with Gasteiger partial charge in [0.2, 0.25) is 0 Å². The molecule has 2 N–H and O–H groups in total. The van der Waals surface area contributed by atoms with Crippen LogP contribution in [-0.4, -0.2) is 69.8 Å². The largest absolute Gasteiger partial charge is 0.379 e. The zero-order valence-corrected chi connectivity index (χ0v) is 11.6. The molecule has 98 valence electrons. The van der Waals surface area contributed by atoms with Crippen molar-refractivity contribution in [3.63, 3.8) is 0 Å². The third kappa shape index (κ3) is 8.05. The SMILES string of the molecule is COC(CN)CN(CCN(C)C)CC(C)C. The molecule has 0 fully saturated rings. The molecule has 0 aromatic carbocycles. The second-order valence-corrected chi connectivity index (χ2v) is 5.05. The molecule has 0 rings (SSSR count). The Kier molecular flexibility index (Phi) is 8.84. The van der Waals surface area contributed by atoms with E-state index in [1.165, 1.54) is 0 Å². The molecule has 0 bridgehead atoms. The van der Waals surface area contributed by atoms with Crippen molar-refractivity contribution in [2.24, 2.45) is 11.7 Å². The van der Waals surface area contributed by atoms with Gasteiger partial charge in [0.05, 0.1) is 6.10 Å². The third-order valence-electron chi connectivity index (χ3n) is 2.54. The van der Waals surface area contributed by atoms with Crippen LogP contribution in [0.4, 0.5) is 0 Å². The first kappa shape index (κ1) is 15.8. The first-order valence-electron chi connectivity index (χ1n) is 6.09. The van der Waals surface area contributed by atoms with Gasteiger partial charge in [-0.25, -0.2) is 0 Å². The van der Waals surface area contributed by atoms with Crippen molar-refractivity contribution in [2.45, 2.75) is 20.0 Å². The lowest BCUT2D eigenvalue weighted by Crippen LogP contribution is -2.42. The first-order valence-corrected chi connectivity index (χ1v) is 6.09. The number of hydrogen-bond donors (Lipinski definition) is 1. The predicted molar refractivity (Wildman–Crippen MR) is 69.7 cm³/mol. The van der Waals surface area contributed by atoms with Gasteiger partial charge in [-0.1, -0.05) is 13.8 Å². The molecule has 1 atom stereocenters. The minimum Gasteiger partial charge on any atom is -0.379 e. The van der Waals surface area contributed by atoms with Gasteiger partial charge in [0, 0.05) is 39.8 Å². The van der Waals surface area contributed by atoms with Crippen molar-refractivity contribution in [1.29, 1.82) is 0 Å². The average Bonchev–Trinajstić information content (AvgIpc) is 2.21. The van der Waals surface area contributed by atoms with Crippen molar-refractivity contribution >= 4 is 0 Å². The van der Waals surface area contributed by atoms with E-state index in [2.05, 4.69) is 37.7 Å². The molecule has 0 radical (unpaired) electrons. The fourth-order valence-electron chi connectivity index (χ4n) is 1.65. The smallest absolute Gasteiger partial charge is 0.0820 e. The summed E-state index contributed by atoms with van der Waals surface area (Å²) in [6, 6.07) is 0. The van der Waals surface area contributed by atoms with E-state index in [-0.39, 0.29) is 6.10 Å². The second-order valence-electron chi connectivity index (χ2n) is 5.05. The molecule has 0 saturated heterocycles. The summed E-state index contributed by atoms with van der Waals surface area (Å²) >= 11 is 0. The minimum absolute atomic E-state index is 0.154. The standard InChI is InChI=1S/C12H29N3O/c1-11(2)9-15(7-6-14(3)4)10-12(8-13)16-5/h11-12H,6-10,13H2,1-5H3. The van der Waals surface area contributed by atoms with Gasteiger partial charge >= 0.3 is 0 Å². The van der Waals surface area contributed by atoms with Gasteiger partial charge in [-0.2, -0.15) is 0 Å². The van der Waals surface area contributed by atoms with Gasteiger partial charge in [-0.15, -0.1) is 0 Å². The number of likely N-dealkylation sites (N-methyl/N-ethyl adjacent to an activating group) is 1. The fourth-order valence-corrected chi connectivity index (χ4v) is 1.65. The molecule has 0 spiro atoms. The number of nitrogens with zero attached hydrogens (tertiary/aromatic N) is 2. The minimum atomic E-state index is 0.154. The second kappa shape index (κ2) is 8.93. The average molecular weight is 231 g/mol. The molecule has 4 heteroatoms. The van der Waals surface area contributed by atoms with Gasteiger partial charge in [0.1, 0.15) is 0 Å². The Morgan fingerprint density at radius 3 is 2.12 bits per heavy atom. The quantitative estimate of drug-likeness (QED) is 0.627. The van der Waals surface area contributed by atoms with Crippen molar-refractivity contribution < 1.29 is 4.74 Å². The molecule has 0 amide bonds. The monoisotopic (exact) mass is 231 g/mol. The van der Waals surface area contributed by atoms with Crippen LogP contribution < -0.4 is 5.73 Å². The Hall–Kier alpha value is -0.160. The highest BCUT2D eigenvalue weighted by molar-refractivity contribution is 4.68. The highest BCUT2D eigenvalue weighted by Gasteiger charge is 2.13. The van der Waals surface area contributed by atoms with Crippen LogP contribution in [0.15, 0.2) is 0 Å². The Labute approximate surface area is 101 Å². The van der Waals surface area contributed by atoms with Gasteiger partial charge in [0.15, 0.2) is 0 Å². The molecule has 0 heterocycles. The molecule has 0 aliphatic rings. The van der Waals surface area contributed by atoms with E-state index in [1.807, 2.05) is 0 Å². The van der Waals surface area contributed by atoms with Crippen molar-refractivity contribution in [3.8, 4) is 0 Å². The Morgan fingerprint density at radius 1 is 1.12 bits per heavy atom. The molecular formula is C12H29N3O.